The summed E-state index contributed by atoms with van der Waals surface area (Å²) >= 11 is 0. The van der Waals surface area contributed by atoms with E-state index in [-0.39, 0.29) is 11.8 Å². The van der Waals surface area contributed by atoms with E-state index in [2.05, 4.69) is 5.32 Å². The summed E-state index contributed by atoms with van der Waals surface area (Å²) in [4.78, 5) is 11.4. The van der Waals surface area contributed by atoms with E-state index >= 15 is 0 Å². The van der Waals surface area contributed by atoms with Gasteiger partial charge in [-0.2, -0.15) is 0 Å². The molecule has 0 spiro atoms. The highest BCUT2D eigenvalue weighted by atomic mass is 16.5. The summed E-state index contributed by atoms with van der Waals surface area (Å²) < 4.78 is 5.12. The Morgan fingerprint density at radius 2 is 1.92 bits per heavy atom. The zero-order valence-electron chi connectivity index (χ0n) is 8.93. The van der Waals surface area contributed by atoms with Crippen molar-refractivity contribution in [3.8, 4) is 0 Å². The molecule has 0 heterocycles. The molecule has 0 fully saturated rings. The fourth-order valence-electron chi connectivity index (χ4n) is 1.19. The van der Waals surface area contributed by atoms with Gasteiger partial charge in [-0.1, -0.05) is 13.8 Å². The molecule has 0 aromatic carbocycles. The molecule has 1 amide bonds. The van der Waals surface area contributed by atoms with Gasteiger partial charge in [0.25, 0.3) is 0 Å². The van der Waals surface area contributed by atoms with Crippen molar-refractivity contribution in [1.82, 2.24) is 5.32 Å². The van der Waals surface area contributed by atoms with Crippen LogP contribution in [0.5, 0.6) is 0 Å². The van der Waals surface area contributed by atoms with Crippen LogP contribution in [0.3, 0.4) is 0 Å². The highest BCUT2D eigenvalue weighted by molar-refractivity contribution is 5.78. The number of carbonyl (C=O) groups excluding carboxylic acids is 1. The van der Waals surface area contributed by atoms with Crippen LogP contribution < -0.4 is 5.32 Å². The Labute approximate surface area is 80.8 Å². The number of nitrogens with one attached hydrogen (secondary N) is 1. The first-order valence-corrected chi connectivity index (χ1v) is 5.11. The number of ether oxygens (including phenoxy) is 1. The van der Waals surface area contributed by atoms with Gasteiger partial charge in [-0.15, -0.1) is 0 Å². The van der Waals surface area contributed by atoms with Crippen molar-refractivity contribution in [2.45, 2.75) is 33.6 Å². The van der Waals surface area contributed by atoms with Crippen LogP contribution in [0.2, 0.25) is 0 Å². The maximum Gasteiger partial charge on any atom is 0.223 e. The van der Waals surface area contributed by atoms with Gasteiger partial charge in [0.05, 0.1) is 6.61 Å². The fourth-order valence-corrected chi connectivity index (χ4v) is 1.19. The molecule has 0 aromatic heterocycles. The lowest BCUT2D eigenvalue weighted by atomic mass is 10.0. The van der Waals surface area contributed by atoms with Crippen LogP contribution in [-0.4, -0.2) is 25.7 Å². The first kappa shape index (κ1) is 12.4. The zero-order valence-corrected chi connectivity index (χ0v) is 8.93. The summed E-state index contributed by atoms with van der Waals surface area (Å²) in [6.45, 7) is 7.97. The van der Waals surface area contributed by atoms with E-state index in [1.165, 1.54) is 0 Å². The van der Waals surface area contributed by atoms with Crippen LogP contribution in [0.25, 0.3) is 0 Å². The van der Waals surface area contributed by atoms with Crippen molar-refractivity contribution >= 4 is 5.91 Å². The highest BCUT2D eigenvalue weighted by Crippen LogP contribution is 2.06. The Morgan fingerprint density at radius 3 is 2.38 bits per heavy atom. The Balaban J connectivity index is 3.48. The van der Waals surface area contributed by atoms with Crippen LogP contribution in [0.15, 0.2) is 0 Å². The molecule has 0 radical (unpaired) electrons. The quantitative estimate of drug-likeness (QED) is 0.614. The third-order valence-electron chi connectivity index (χ3n) is 2.11. The van der Waals surface area contributed by atoms with Crippen molar-refractivity contribution in [2.24, 2.45) is 5.92 Å². The Hall–Kier alpha value is -0.570. The number of rotatable bonds is 7. The van der Waals surface area contributed by atoms with E-state index < -0.39 is 0 Å². The van der Waals surface area contributed by atoms with Gasteiger partial charge < -0.3 is 10.1 Å². The lowest BCUT2D eigenvalue weighted by Gasteiger charge is -2.12. The highest BCUT2D eigenvalue weighted by Gasteiger charge is 2.12. The van der Waals surface area contributed by atoms with Crippen LogP contribution in [-0.2, 0) is 9.53 Å². The number of carbonyl (C=O) groups is 1. The molecule has 0 saturated carbocycles. The van der Waals surface area contributed by atoms with Gasteiger partial charge in [-0.05, 0) is 19.8 Å². The van der Waals surface area contributed by atoms with E-state index in [1.807, 2.05) is 20.8 Å². The van der Waals surface area contributed by atoms with E-state index in [0.717, 1.165) is 12.8 Å². The van der Waals surface area contributed by atoms with E-state index in [0.29, 0.717) is 19.8 Å². The monoisotopic (exact) mass is 187 g/mol. The van der Waals surface area contributed by atoms with Gasteiger partial charge in [-0.3, -0.25) is 4.79 Å². The summed E-state index contributed by atoms with van der Waals surface area (Å²) in [6, 6.07) is 0. The molecule has 0 atom stereocenters. The molecule has 0 aliphatic rings. The number of hydrogen-bond donors (Lipinski definition) is 1. The standard InChI is InChI=1S/C10H21NO2/c1-4-9(5-2)10(12)11-7-8-13-6-3/h9H,4-8H2,1-3H3,(H,11,12). The average molecular weight is 187 g/mol. The molecular formula is C10H21NO2. The third kappa shape index (κ3) is 5.64. The third-order valence-corrected chi connectivity index (χ3v) is 2.11. The van der Waals surface area contributed by atoms with Crippen LogP contribution in [0.4, 0.5) is 0 Å². The van der Waals surface area contributed by atoms with Crippen molar-refractivity contribution < 1.29 is 9.53 Å². The zero-order chi connectivity index (χ0) is 10.1. The van der Waals surface area contributed by atoms with Crippen LogP contribution in [0, 0.1) is 5.92 Å². The SMILES string of the molecule is CCOCCNC(=O)C(CC)CC. The molecule has 0 aromatic rings. The summed E-state index contributed by atoms with van der Waals surface area (Å²) in [5.41, 5.74) is 0. The lowest BCUT2D eigenvalue weighted by molar-refractivity contribution is -0.125. The topological polar surface area (TPSA) is 38.3 Å². The van der Waals surface area contributed by atoms with Gasteiger partial charge >= 0.3 is 0 Å². The molecule has 78 valence electrons. The second-order valence-electron chi connectivity index (χ2n) is 3.00. The largest absolute Gasteiger partial charge is 0.380 e. The van der Waals surface area contributed by atoms with E-state index in [9.17, 15) is 4.79 Å². The normalized spacial score (nSPS) is 10.5. The molecule has 0 bridgehead atoms. The van der Waals surface area contributed by atoms with Crippen molar-refractivity contribution in [3.63, 3.8) is 0 Å². The predicted molar refractivity (Wildman–Crippen MR) is 53.6 cm³/mol. The summed E-state index contributed by atoms with van der Waals surface area (Å²) in [5, 5.41) is 2.86. The van der Waals surface area contributed by atoms with Gasteiger partial charge in [0, 0.05) is 19.1 Å². The Morgan fingerprint density at radius 1 is 1.31 bits per heavy atom. The molecule has 13 heavy (non-hydrogen) atoms. The van der Waals surface area contributed by atoms with Crippen LogP contribution in [0.1, 0.15) is 33.6 Å². The Kier molecular flexibility index (Phi) is 7.69. The summed E-state index contributed by atoms with van der Waals surface area (Å²) in [6.07, 6.45) is 1.83. The van der Waals surface area contributed by atoms with Gasteiger partial charge in [0.1, 0.15) is 0 Å². The minimum Gasteiger partial charge on any atom is -0.380 e. The molecular weight excluding hydrogens is 166 g/mol. The minimum atomic E-state index is 0.157. The van der Waals surface area contributed by atoms with E-state index in [1.54, 1.807) is 0 Å². The van der Waals surface area contributed by atoms with Crippen LogP contribution >= 0.6 is 0 Å². The second kappa shape index (κ2) is 8.05. The second-order valence-corrected chi connectivity index (χ2v) is 3.00. The number of amides is 1. The molecule has 0 rings (SSSR count). The van der Waals surface area contributed by atoms with Gasteiger partial charge in [0.15, 0.2) is 0 Å². The predicted octanol–water partition coefficient (Wildman–Crippen LogP) is 1.58. The van der Waals surface area contributed by atoms with Crippen molar-refractivity contribution in [1.29, 1.82) is 0 Å². The smallest absolute Gasteiger partial charge is 0.223 e. The molecule has 0 saturated heterocycles. The molecule has 3 nitrogen and oxygen atoms in total. The maximum atomic E-state index is 11.4. The minimum absolute atomic E-state index is 0.157. The molecule has 0 aliphatic heterocycles. The molecule has 0 unspecified atom stereocenters. The average Bonchev–Trinajstić information content (AvgIpc) is 2.14. The molecule has 1 N–H and O–H groups in total. The first-order valence-electron chi connectivity index (χ1n) is 5.11. The van der Waals surface area contributed by atoms with Gasteiger partial charge in [-0.25, -0.2) is 0 Å². The fraction of sp³-hybridized carbons (Fsp3) is 0.900. The first-order chi connectivity index (χ1) is 6.26. The Bertz CT molecular complexity index is 133. The summed E-state index contributed by atoms with van der Waals surface area (Å²) in [7, 11) is 0. The molecule has 3 heteroatoms. The maximum absolute atomic E-state index is 11.4. The van der Waals surface area contributed by atoms with Gasteiger partial charge in [0.2, 0.25) is 5.91 Å². The van der Waals surface area contributed by atoms with Crippen molar-refractivity contribution in [3.05, 3.63) is 0 Å². The van der Waals surface area contributed by atoms with E-state index in [4.69, 9.17) is 4.74 Å². The number of hydrogen-bond acceptors (Lipinski definition) is 2. The lowest BCUT2D eigenvalue weighted by Crippen LogP contribution is -2.32. The summed E-state index contributed by atoms with van der Waals surface area (Å²) in [5.74, 6) is 0.325. The molecule has 0 aliphatic carbocycles. The van der Waals surface area contributed by atoms with Crippen molar-refractivity contribution in [2.75, 3.05) is 19.8 Å².